The minimum atomic E-state index is 0. The van der Waals surface area contributed by atoms with E-state index in [0.29, 0.717) is 0 Å². The maximum atomic E-state index is 2.00. The second kappa shape index (κ2) is 32.4. The predicted molar refractivity (Wildman–Crippen MR) is 20.2 cm³/mol. The van der Waals surface area contributed by atoms with Crippen molar-refractivity contribution < 1.29 is 34.1 Å². The van der Waals surface area contributed by atoms with Gasteiger partial charge in [-0.25, -0.2) is 0 Å². The first-order valence-corrected chi connectivity index (χ1v) is 1.00. The smallest absolute Gasteiger partial charge is 0 e. The summed E-state index contributed by atoms with van der Waals surface area (Å²) in [5.41, 5.74) is 0. The van der Waals surface area contributed by atoms with Gasteiger partial charge in [0.15, 0.2) is 0 Å². The van der Waals surface area contributed by atoms with E-state index in [9.17, 15) is 0 Å². The average Bonchev–Trinajstić information content (AvgIpc) is 1.00. The summed E-state index contributed by atoms with van der Waals surface area (Å²) in [7, 11) is 0. The number of hydrogen-bond donors (Lipinski definition) is 0. The monoisotopic (exact) mass is 139 g/mol. The fourth-order valence-electron chi connectivity index (χ4n) is 0. The zero-order valence-electron chi connectivity index (χ0n) is 2.58. The first-order valence-electron chi connectivity index (χ1n) is 1.00. The van der Waals surface area contributed by atoms with E-state index < -0.39 is 0 Å². The molecule has 1 radical (unpaired) electrons. The Hall–Kier alpha value is 1.10. The van der Waals surface area contributed by atoms with Crippen molar-refractivity contribution >= 4 is 0 Å². The minimum Gasteiger partial charge on any atom is -0.0776 e. The summed E-state index contributed by atoms with van der Waals surface area (Å²) in [5.74, 6) is 0. The molecule has 1 heteroatoms. The molecule has 0 atom stereocenters. The van der Waals surface area contributed by atoms with Gasteiger partial charge in [0.25, 0.3) is 0 Å². The van der Waals surface area contributed by atoms with Crippen LogP contribution in [0.15, 0.2) is 0 Å². The summed E-state index contributed by atoms with van der Waals surface area (Å²) < 4.78 is 0. The predicted octanol–water partition coefficient (Wildman–Crippen LogP) is 1.91. The van der Waals surface area contributed by atoms with Crippen LogP contribution in [0.2, 0.25) is 0 Å². The van der Waals surface area contributed by atoms with Crippen LogP contribution in [0.1, 0.15) is 22.7 Å². The van der Waals surface area contributed by atoms with Crippen LogP contribution in [-0.2, 0) is 32.7 Å². The fraction of sp³-hybridized carbons (Fsp3) is 1.00. The Morgan fingerprint density at radius 1 is 1.25 bits per heavy atom. The van der Waals surface area contributed by atoms with Crippen molar-refractivity contribution in [2.24, 2.45) is 0 Å². The third kappa shape index (κ3) is 11.3. The molecule has 4 heavy (non-hydrogen) atoms. The van der Waals surface area contributed by atoms with Gasteiger partial charge in [0.05, 0.1) is 0 Å². The normalized spacial score (nSPS) is 1.50. The van der Waals surface area contributed by atoms with Crippen LogP contribution in [0.25, 0.3) is 0 Å². The Morgan fingerprint density at radius 3 is 1.25 bits per heavy atom. The molecule has 0 aliphatic carbocycles. The molecule has 27 valence electrons. The number of hydrogen-bond acceptors (Lipinski definition) is 0. The summed E-state index contributed by atoms with van der Waals surface area (Å²) in [6, 6.07) is 0. The summed E-state index contributed by atoms with van der Waals surface area (Å²) >= 11 is 0. The van der Waals surface area contributed by atoms with Gasteiger partial charge in [-0.3, -0.25) is 0 Å². The van der Waals surface area contributed by atoms with Crippen molar-refractivity contribution in [3.63, 3.8) is 0 Å². The molecule has 0 heterocycles. The topological polar surface area (TPSA) is 0 Å². The van der Waals surface area contributed by atoms with Gasteiger partial charge in [-0.1, -0.05) is 21.3 Å². The van der Waals surface area contributed by atoms with Crippen LogP contribution >= 0.6 is 0 Å². The Bertz CT molecular complexity index is 6.85. The molecule has 0 nitrogen and oxygen atoms in total. The molecule has 0 aliphatic heterocycles. The zero-order valence-corrected chi connectivity index (χ0v) is 5.42. The number of rotatable bonds is 0. The van der Waals surface area contributed by atoms with Gasteiger partial charge >= 0.3 is 0 Å². The molecule has 0 aromatic carbocycles. The third-order valence-electron chi connectivity index (χ3n) is 0. The van der Waals surface area contributed by atoms with Crippen LogP contribution in [-0.4, -0.2) is 0 Å². The largest absolute Gasteiger partial charge is 0.0776 e. The molecule has 0 aromatic heterocycles. The summed E-state index contributed by atoms with van der Waals surface area (Å²) in [4.78, 5) is 0. The van der Waals surface area contributed by atoms with Gasteiger partial charge in [0.1, 0.15) is 0 Å². The molecule has 0 spiro atoms. The summed E-state index contributed by atoms with van der Waals surface area (Å²) in [6.45, 7) is 4.00. The van der Waals surface area contributed by atoms with Gasteiger partial charge in [-0.15, -0.1) is 0 Å². The standard InChI is InChI=1S/C2H6.CH4.Y.H2/c1-2;;;/h1-2H3;1H4;;1H/i;;;1+2. The van der Waals surface area contributed by atoms with E-state index in [1.165, 1.54) is 0 Å². The van der Waals surface area contributed by atoms with E-state index in [2.05, 4.69) is 0 Å². The van der Waals surface area contributed by atoms with Crippen molar-refractivity contribution in [3.8, 4) is 0 Å². The Morgan fingerprint density at radius 2 is 1.25 bits per heavy atom. The first-order chi connectivity index (χ1) is 1.00. The molecule has 0 amide bonds. The van der Waals surface area contributed by atoms with Crippen molar-refractivity contribution in [2.75, 3.05) is 0 Å². The quantitative estimate of drug-likeness (QED) is 0.480. The molecule has 0 fully saturated rings. The van der Waals surface area contributed by atoms with Crippen LogP contribution in [0, 0.1) is 0 Å². The van der Waals surface area contributed by atoms with Crippen molar-refractivity contribution in [2.45, 2.75) is 21.3 Å². The fourth-order valence-corrected chi connectivity index (χ4v) is 0. The molecular formula is C3H12Y. The van der Waals surface area contributed by atoms with E-state index >= 15 is 0 Å². The van der Waals surface area contributed by atoms with E-state index in [0.717, 1.165) is 0 Å². The second-order valence-electron chi connectivity index (χ2n) is 0. The van der Waals surface area contributed by atoms with E-state index in [4.69, 9.17) is 0 Å². The van der Waals surface area contributed by atoms with E-state index in [1.807, 2.05) is 13.8 Å². The van der Waals surface area contributed by atoms with Gasteiger partial charge in [-0.05, 0) is 0 Å². The molecule has 0 aliphatic rings. The van der Waals surface area contributed by atoms with E-state index in [-0.39, 0.29) is 41.6 Å². The molecule has 0 bridgehead atoms. The molecule has 0 unspecified atom stereocenters. The molecular weight excluding hydrogens is 125 g/mol. The Kier molecular flexibility index (Phi) is 158. The van der Waals surface area contributed by atoms with Crippen molar-refractivity contribution in [1.82, 2.24) is 0 Å². The molecule has 0 N–H and O–H groups in total. The van der Waals surface area contributed by atoms with Gasteiger partial charge < -0.3 is 0 Å². The second-order valence-corrected chi connectivity index (χ2v) is 0. The molecule has 0 saturated carbocycles. The summed E-state index contributed by atoms with van der Waals surface area (Å²) in [6.07, 6.45) is 0. The third-order valence-corrected chi connectivity index (χ3v) is 0. The Balaban J connectivity index is -0.00000000167. The van der Waals surface area contributed by atoms with Crippen molar-refractivity contribution in [1.29, 1.82) is 0 Å². The SMILES string of the molecule is C.CC.[3HH].[Y]. The Labute approximate surface area is 55.3 Å². The zero-order chi connectivity index (χ0) is 2.00. The van der Waals surface area contributed by atoms with Gasteiger partial charge in [0.2, 0.25) is 0 Å². The maximum Gasteiger partial charge on any atom is 0 e. The molecule has 0 rings (SSSR count). The molecule has 0 saturated heterocycles. The summed E-state index contributed by atoms with van der Waals surface area (Å²) in [5, 5.41) is 0. The van der Waals surface area contributed by atoms with Gasteiger partial charge in [0, 0.05) is 34.1 Å². The van der Waals surface area contributed by atoms with Gasteiger partial charge in [-0.2, -0.15) is 0 Å². The molecule has 0 aromatic rings. The minimum absolute atomic E-state index is 0. The van der Waals surface area contributed by atoms with Crippen LogP contribution < -0.4 is 0 Å². The van der Waals surface area contributed by atoms with Crippen molar-refractivity contribution in [3.05, 3.63) is 0 Å². The maximum absolute atomic E-state index is 2.00. The van der Waals surface area contributed by atoms with E-state index in [1.54, 1.807) is 0 Å². The first kappa shape index (κ1) is 19.4. The average molecular weight is 139 g/mol. The van der Waals surface area contributed by atoms with Crippen LogP contribution in [0.3, 0.4) is 0 Å². The van der Waals surface area contributed by atoms with Crippen LogP contribution in [0.5, 0.6) is 0 Å². The van der Waals surface area contributed by atoms with Crippen LogP contribution in [0.4, 0.5) is 0 Å².